The van der Waals surface area contributed by atoms with E-state index in [0.717, 1.165) is 5.39 Å². The van der Waals surface area contributed by atoms with Crippen molar-refractivity contribution < 1.29 is 17.3 Å². The molecular formula is C18H15ClO4S. The van der Waals surface area contributed by atoms with Crippen LogP contribution in [0.1, 0.15) is 6.92 Å². The van der Waals surface area contributed by atoms with Crippen molar-refractivity contribution in [1.82, 2.24) is 0 Å². The molecule has 0 saturated carbocycles. The number of halogens is 1. The third kappa shape index (κ3) is 3.32. The van der Waals surface area contributed by atoms with Gasteiger partial charge in [0.1, 0.15) is 10.6 Å². The van der Waals surface area contributed by atoms with Crippen LogP contribution >= 0.6 is 11.6 Å². The van der Waals surface area contributed by atoms with Crippen LogP contribution in [-0.4, -0.2) is 15.0 Å². The fourth-order valence-corrected chi connectivity index (χ4v) is 3.74. The van der Waals surface area contributed by atoms with E-state index in [9.17, 15) is 8.42 Å². The highest BCUT2D eigenvalue weighted by molar-refractivity contribution is 7.87. The van der Waals surface area contributed by atoms with E-state index in [0.29, 0.717) is 17.0 Å². The molecule has 0 fully saturated rings. The summed E-state index contributed by atoms with van der Waals surface area (Å²) >= 11 is 5.95. The van der Waals surface area contributed by atoms with Crippen molar-refractivity contribution in [2.75, 3.05) is 6.61 Å². The first kappa shape index (κ1) is 16.6. The maximum absolute atomic E-state index is 12.7. The highest BCUT2D eigenvalue weighted by atomic mass is 35.5. The Hall–Kier alpha value is -2.24. The summed E-state index contributed by atoms with van der Waals surface area (Å²) in [7, 11) is -4.09. The zero-order valence-electron chi connectivity index (χ0n) is 12.9. The highest BCUT2D eigenvalue weighted by Crippen LogP contribution is 2.32. The molecule has 3 aromatic carbocycles. The Morgan fingerprint density at radius 2 is 1.71 bits per heavy atom. The highest BCUT2D eigenvalue weighted by Gasteiger charge is 2.23. The zero-order chi connectivity index (χ0) is 17.2. The van der Waals surface area contributed by atoms with Crippen molar-refractivity contribution in [3.05, 3.63) is 65.7 Å². The van der Waals surface area contributed by atoms with Gasteiger partial charge in [-0.05, 0) is 36.6 Å². The van der Waals surface area contributed by atoms with Gasteiger partial charge in [-0.15, -0.1) is 0 Å². The normalized spacial score (nSPS) is 11.4. The minimum Gasteiger partial charge on any atom is -0.492 e. The molecule has 0 unspecified atom stereocenters. The molecule has 24 heavy (non-hydrogen) atoms. The summed E-state index contributed by atoms with van der Waals surface area (Å²) in [6, 6.07) is 17.1. The molecule has 0 atom stereocenters. The molecule has 0 aromatic heterocycles. The molecular weight excluding hydrogens is 348 g/mol. The summed E-state index contributed by atoms with van der Waals surface area (Å²) < 4.78 is 36.2. The molecule has 0 bridgehead atoms. The standard InChI is InChI=1S/C18H15ClO4S/c1-2-22-17-11-10-14(19)12-18(17)24(20,21)23-16-9-5-7-13-6-3-4-8-15(13)16/h3-12H,2H2,1H3. The van der Waals surface area contributed by atoms with E-state index in [1.54, 1.807) is 25.1 Å². The van der Waals surface area contributed by atoms with Crippen molar-refractivity contribution in [2.24, 2.45) is 0 Å². The number of rotatable bonds is 5. The van der Waals surface area contributed by atoms with Gasteiger partial charge in [0.2, 0.25) is 0 Å². The van der Waals surface area contributed by atoms with Crippen LogP contribution in [0.25, 0.3) is 10.8 Å². The molecule has 0 amide bonds. The van der Waals surface area contributed by atoms with Crippen LogP contribution in [0.15, 0.2) is 65.6 Å². The average molecular weight is 363 g/mol. The summed E-state index contributed by atoms with van der Waals surface area (Å²) in [6.45, 7) is 2.11. The van der Waals surface area contributed by atoms with Gasteiger partial charge in [0.25, 0.3) is 0 Å². The van der Waals surface area contributed by atoms with Crippen LogP contribution in [0.3, 0.4) is 0 Å². The molecule has 3 aromatic rings. The average Bonchev–Trinajstić information content (AvgIpc) is 2.57. The maximum atomic E-state index is 12.7. The lowest BCUT2D eigenvalue weighted by Crippen LogP contribution is -2.12. The van der Waals surface area contributed by atoms with E-state index >= 15 is 0 Å². The van der Waals surface area contributed by atoms with Gasteiger partial charge in [-0.2, -0.15) is 8.42 Å². The lowest BCUT2D eigenvalue weighted by molar-refractivity contribution is 0.329. The smallest absolute Gasteiger partial charge is 0.343 e. The van der Waals surface area contributed by atoms with Gasteiger partial charge in [-0.1, -0.05) is 48.0 Å². The number of benzene rings is 3. The largest absolute Gasteiger partial charge is 0.492 e. The molecule has 0 heterocycles. The molecule has 0 spiro atoms. The van der Waals surface area contributed by atoms with E-state index in [-0.39, 0.29) is 16.4 Å². The van der Waals surface area contributed by atoms with Crippen molar-refractivity contribution in [3.63, 3.8) is 0 Å². The van der Waals surface area contributed by atoms with Gasteiger partial charge < -0.3 is 8.92 Å². The van der Waals surface area contributed by atoms with Crippen LogP contribution in [-0.2, 0) is 10.1 Å². The molecule has 0 aliphatic carbocycles. The minimum absolute atomic E-state index is 0.0928. The van der Waals surface area contributed by atoms with Gasteiger partial charge in [-0.25, -0.2) is 0 Å². The fourth-order valence-electron chi connectivity index (χ4n) is 2.38. The predicted molar refractivity (Wildman–Crippen MR) is 94.4 cm³/mol. The van der Waals surface area contributed by atoms with Crippen molar-refractivity contribution in [2.45, 2.75) is 11.8 Å². The summed E-state index contributed by atoms with van der Waals surface area (Å²) in [5.74, 6) is 0.470. The van der Waals surface area contributed by atoms with Crippen LogP contribution in [0.5, 0.6) is 11.5 Å². The third-order valence-electron chi connectivity index (χ3n) is 3.42. The SMILES string of the molecule is CCOc1ccc(Cl)cc1S(=O)(=O)Oc1cccc2ccccc12. The Morgan fingerprint density at radius 1 is 0.958 bits per heavy atom. The number of ether oxygens (including phenoxy) is 1. The van der Waals surface area contributed by atoms with Gasteiger partial charge >= 0.3 is 10.1 Å². The molecule has 124 valence electrons. The third-order valence-corrected chi connectivity index (χ3v) is 4.92. The van der Waals surface area contributed by atoms with Crippen molar-refractivity contribution in [1.29, 1.82) is 0 Å². The molecule has 0 aliphatic rings. The summed E-state index contributed by atoms with van der Waals surface area (Å²) in [5, 5.41) is 1.89. The van der Waals surface area contributed by atoms with E-state index in [2.05, 4.69) is 0 Å². The van der Waals surface area contributed by atoms with Crippen molar-refractivity contribution >= 4 is 32.5 Å². The van der Waals surface area contributed by atoms with E-state index < -0.39 is 10.1 Å². The minimum atomic E-state index is -4.09. The summed E-state index contributed by atoms with van der Waals surface area (Å²) in [5.41, 5.74) is 0. The first-order valence-electron chi connectivity index (χ1n) is 7.36. The Balaban J connectivity index is 2.07. The Labute approximate surface area is 145 Å². The second kappa shape index (κ2) is 6.71. The van der Waals surface area contributed by atoms with Crippen LogP contribution in [0.2, 0.25) is 5.02 Å². The van der Waals surface area contributed by atoms with Crippen LogP contribution in [0, 0.1) is 0 Å². The topological polar surface area (TPSA) is 52.6 Å². The van der Waals surface area contributed by atoms with Crippen molar-refractivity contribution in [3.8, 4) is 11.5 Å². The van der Waals surface area contributed by atoms with Crippen LogP contribution in [0.4, 0.5) is 0 Å². The monoisotopic (exact) mass is 362 g/mol. The predicted octanol–water partition coefficient (Wildman–Crippen LogP) is 4.66. The molecule has 4 nitrogen and oxygen atoms in total. The quantitative estimate of drug-likeness (QED) is 0.619. The zero-order valence-corrected chi connectivity index (χ0v) is 14.5. The number of hydrogen-bond acceptors (Lipinski definition) is 4. The molecule has 3 rings (SSSR count). The number of fused-ring (bicyclic) bond motifs is 1. The van der Waals surface area contributed by atoms with E-state index in [4.69, 9.17) is 20.5 Å². The van der Waals surface area contributed by atoms with E-state index in [1.807, 2.05) is 30.3 Å². The second-order valence-corrected chi connectivity index (χ2v) is 6.99. The maximum Gasteiger partial charge on any atom is 0.343 e. The van der Waals surface area contributed by atoms with E-state index in [1.165, 1.54) is 12.1 Å². The second-order valence-electron chi connectivity index (χ2n) is 5.04. The molecule has 0 aliphatic heterocycles. The van der Waals surface area contributed by atoms with Gasteiger partial charge in [-0.3, -0.25) is 0 Å². The lowest BCUT2D eigenvalue weighted by atomic mass is 10.1. The van der Waals surface area contributed by atoms with Gasteiger partial charge in [0.05, 0.1) is 6.61 Å². The summed E-state index contributed by atoms with van der Waals surface area (Å²) in [6.07, 6.45) is 0. The summed E-state index contributed by atoms with van der Waals surface area (Å²) in [4.78, 5) is -0.0928. The first-order chi connectivity index (χ1) is 11.5. The molecule has 0 saturated heterocycles. The van der Waals surface area contributed by atoms with Gasteiger partial charge in [0, 0.05) is 10.4 Å². The van der Waals surface area contributed by atoms with Gasteiger partial charge in [0.15, 0.2) is 5.75 Å². The number of hydrogen-bond donors (Lipinski definition) is 0. The molecule has 0 N–H and O–H groups in total. The Bertz CT molecular complexity index is 978. The molecule has 0 radical (unpaired) electrons. The fraction of sp³-hybridized carbons (Fsp3) is 0.111. The molecule has 6 heteroatoms. The Kier molecular flexibility index (Phi) is 4.64. The Morgan fingerprint density at radius 3 is 2.50 bits per heavy atom. The van der Waals surface area contributed by atoms with Crippen LogP contribution < -0.4 is 8.92 Å². The first-order valence-corrected chi connectivity index (χ1v) is 9.14. The lowest BCUT2D eigenvalue weighted by Gasteiger charge is -2.13.